The highest BCUT2D eigenvalue weighted by Crippen LogP contribution is 2.29. The van der Waals surface area contributed by atoms with Crippen molar-refractivity contribution in [1.82, 2.24) is 5.32 Å². The third-order valence-corrected chi connectivity index (χ3v) is 4.99. The van der Waals surface area contributed by atoms with Crippen molar-refractivity contribution in [3.8, 4) is 0 Å². The molecule has 1 heterocycles. The van der Waals surface area contributed by atoms with Crippen LogP contribution in [0.1, 0.15) is 24.9 Å². The summed E-state index contributed by atoms with van der Waals surface area (Å²) in [6, 6.07) is 14.0. The fourth-order valence-electron chi connectivity index (χ4n) is 3.36. The van der Waals surface area contributed by atoms with E-state index in [2.05, 4.69) is 5.32 Å². The number of benzene rings is 2. The molecule has 2 aromatic rings. The largest absolute Gasteiger partial charge is 0.481 e. The number of carbonyl (C=O) groups is 3. The van der Waals surface area contributed by atoms with Gasteiger partial charge in [0.05, 0.1) is 23.6 Å². The van der Waals surface area contributed by atoms with E-state index < -0.39 is 35.6 Å². The Labute approximate surface area is 162 Å². The van der Waals surface area contributed by atoms with Gasteiger partial charge in [0.25, 0.3) is 0 Å². The lowest BCUT2D eigenvalue weighted by Crippen LogP contribution is -2.39. The van der Waals surface area contributed by atoms with Gasteiger partial charge < -0.3 is 15.3 Å². The number of amides is 2. The molecule has 0 aromatic heterocycles. The molecule has 0 saturated carbocycles. The van der Waals surface area contributed by atoms with Crippen molar-refractivity contribution in [1.29, 1.82) is 0 Å². The number of nitrogens with zero attached hydrogens (tertiary/aromatic N) is 1. The van der Waals surface area contributed by atoms with Crippen LogP contribution in [-0.2, 0) is 14.4 Å². The molecule has 7 heteroatoms. The minimum atomic E-state index is -1.04. The zero-order chi connectivity index (χ0) is 20.3. The summed E-state index contributed by atoms with van der Waals surface area (Å²) in [5.41, 5.74) is 0.808. The highest BCUT2D eigenvalue weighted by atomic mass is 19.1. The van der Waals surface area contributed by atoms with Gasteiger partial charge in [0.15, 0.2) is 0 Å². The van der Waals surface area contributed by atoms with Crippen LogP contribution in [0.25, 0.3) is 0 Å². The molecular formula is C21H21FN2O4. The fourth-order valence-corrected chi connectivity index (χ4v) is 3.36. The van der Waals surface area contributed by atoms with Crippen molar-refractivity contribution < 1.29 is 23.9 Å². The molecule has 1 fully saturated rings. The van der Waals surface area contributed by atoms with Crippen LogP contribution in [0.15, 0.2) is 54.6 Å². The Morgan fingerprint density at radius 1 is 1.14 bits per heavy atom. The number of carboxylic acids is 1. The first-order valence-corrected chi connectivity index (χ1v) is 9.01. The summed E-state index contributed by atoms with van der Waals surface area (Å²) in [4.78, 5) is 37.9. The van der Waals surface area contributed by atoms with Crippen LogP contribution >= 0.6 is 0 Å². The number of para-hydroxylation sites is 1. The van der Waals surface area contributed by atoms with E-state index in [4.69, 9.17) is 0 Å². The number of carboxylic acid groups (broad SMARTS) is 1. The van der Waals surface area contributed by atoms with Gasteiger partial charge in [-0.15, -0.1) is 0 Å². The second-order valence-corrected chi connectivity index (χ2v) is 6.88. The molecule has 6 nitrogen and oxygen atoms in total. The van der Waals surface area contributed by atoms with Gasteiger partial charge in [-0.2, -0.15) is 0 Å². The van der Waals surface area contributed by atoms with Crippen LogP contribution in [0.3, 0.4) is 0 Å². The molecule has 0 spiro atoms. The number of carbonyl (C=O) groups excluding carboxylic acids is 2. The van der Waals surface area contributed by atoms with Crippen LogP contribution in [0.5, 0.6) is 0 Å². The number of anilines is 1. The van der Waals surface area contributed by atoms with Crippen LogP contribution in [0.4, 0.5) is 10.1 Å². The van der Waals surface area contributed by atoms with Crippen LogP contribution < -0.4 is 10.2 Å². The van der Waals surface area contributed by atoms with Crippen molar-refractivity contribution in [2.45, 2.75) is 19.4 Å². The molecule has 2 N–H and O–H groups in total. The summed E-state index contributed by atoms with van der Waals surface area (Å²) in [5, 5.41) is 12.2. The van der Waals surface area contributed by atoms with Gasteiger partial charge in [-0.1, -0.05) is 42.5 Å². The Hall–Kier alpha value is -3.22. The molecule has 1 aliphatic heterocycles. The van der Waals surface area contributed by atoms with E-state index in [1.165, 1.54) is 30.0 Å². The fraction of sp³-hybridized carbons (Fsp3) is 0.286. The first-order valence-electron chi connectivity index (χ1n) is 9.01. The smallest absolute Gasteiger partial charge is 0.308 e. The molecule has 1 aliphatic rings. The monoisotopic (exact) mass is 384 g/mol. The molecule has 28 heavy (non-hydrogen) atoms. The average Bonchev–Trinajstić information content (AvgIpc) is 3.08. The topological polar surface area (TPSA) is 86.7 Å². The van der Waals surface area contributed by atoms with Crippen LogP contribution in [0.2, 0.25) is 0 Å². The first-order chi connectivity index (χ1) is 13.4. The molecule has 2 amide bonds. The number of hydrogen-bond donors (Lipinski definition) is 2. The standard InChI is InChI=1S/C21H21FN2O4/c1-13(21(27)28)19(14-7-3-2-4-8-14)23-20(26)15-11-18(25)24(12-15)17-10-6-5-9-16(17)22/h2-10,13,15,19H,11-12H2,1H3,(H,23,26)(H,27,28). The van der Waals surface area contributed by atoms with Gasteiger partial charge in [-0.25, -0.2) is 4.39 Å². The summed E-state index contributed by atoms with van der Waals surface area (Å²) >= 11 is 0. The van der Waals surface area contributed by atoms with Crippen molar-refractivity contribution in [3.63, 3.8) is 0 Å². The van der Waals surface area contributed by atoms with Crippen molar-refractivity contribution >= 4 is 23.5 Å². The van der Waals surface area contributed by atoms with Gasteiger partial charge in [0, 0.05) is 13.0 Å². The van der Waals surface area contributed by atoms with Gasteiger partial charge in [0.2, 0.25) is 11.8 Å². The van der Waals surface area contributed by atoms with Crippen molar-refractivity contribution in [2.24, 2.45) is 11.8 Å². The van der Waals surface area contributed by atoms with E-state index in [0.717, 1.165) is 0 Å². The van der Waals surface area contributed by atoms with Crippen LogP contribution in [-0.4, -0.2) is 29.4 Å². The molecule has 0 bridgehead atoms. The number of nitrogens with one attached hydrogen (secondary N) is 1. The Bertz CT molecular complexity index is 887. The zero-order valence-corrected chi connectivity index (χ0v) is 15.3. The second kappa shape index (κ2) is 8.21. The summed E-state index contributed by atoms with van der Waals surface area (Å²) in [7, 11) is 0. The van der Waals surface area contributed by atoms with Gasteiger partial charge >= 0.3 is 5.97 Å². The molecule has 2 aromatic carbocycles. The molecule has 3 unspecified atom stereocenters. The predicted molar refractivity (Wildman–Crippen MR) is 101 cm³/mol. The van der Waals surface area contributed by atoms with Gasteiger partial charge in [-0.05, 0) is 24.6 Å². The van der Waals surface area contributed by atoms with E-state index in [1.54, 1.807) is 36.4 Å². The van der Waals surface area contributed by atoms with Gasteiger partial charge in [0.1, 0.15) is 5.82 Å². The highest BCUT2D eigenvalue weighted by Gasteiger charge is 2.38. The molecule has 3 atom stereocenters. The van der Waals surface area contributed by atoms with Crippen molar-refractivity contribution in [3.05, 3.63) is 66.0 Å². The molecule has 0 aliphatic carbocycles. The minimum Gasteiger partial charge on any atom is -0.481 e. The third-order valence-electron chi connectivity index (χ3n) is 4.99. The SMILES string of the molecule is CC(C(=O)O)C(NC(=O)C1CC(=O)N(c2ccccc2F)C1)c1ccccc1. The summed E-state index contributed by atoms with van der Waals surface area (Å²) < 4.78 is 14.0. The summed E-state index contributed by atoms with van der Waals surface area (Å²) in [5.74, 6) is -3.87. The lowest BCUT2D eigenvalue weighted by molar-refractivity contribution is -0.142. The lowest BCUT2D eigenvalue weighted by atomic mass is 9.93. The Morgan fingerprint density at radius 3 is 2.43 bits per heavy atom. The molecule has 1 saturated heterocycles. The zero-order valence-electron chi connectivity index (χ0n) is 15.3. The highest BCUT2D eigenvalue weighted by molar-refractivity contribution is 6.00. The lowest BCUT2D eigenvalue weighted by Gasteiger charge is -2.24. The molecular weight excluding hydrogens is 363 g/mol. The normalized spacial score (nSPS) is 18.6. The Balaban J connectivity index is 1.77. The van der Waals surface area contributed by atoms with E-state index in [9.17, 15) is 23.9 Å². The average molecular weight is 384 g/mol. The maximum absolute atomic E-state index is 14.0. The van der Waals surface area contributed by atoms with Crippen molar-refractivity contribution in [2.75, 3.05) is 11.4 Å². The predicted octanol–water partition coefficient (Wildman–Crippen LogP) is 2.76. The second-order valence-electron chi connectivity index (χ2n) is 6.88. The summed E-state index contributed by atoms with van der Waals surface area (Å²) in [6.07, 6.45) is -0.0525. The molecule has 3 rings (SSSR count). The number of halogens is 1. The summed E-state index contributed by atoms with van der Waals surface area (Å²) in [6.45, 7) is 1.57. The number of rotatable bonds is 6. The third kappa shape index (κ3) is 4.03. The van der Waals surface area contributed by atoms with Gasteiger partial charge in [-0.3, -0.25) is 14.4 Å². The van der Waals surface area contributed by atoms with E-state index in [-0.39, 0.29) is 24.6 Å². The minimum absolute atomic E-state index is 0.0502. The Kier molecular flexibility index (Phi) is 5.73. The Morgan fingerprint density at radius 2 is 1.79 bits per heavy atom. The van der Waals surface area contributed by atoms with E-state index >= 15 is 0 Å². The molecule has 0 radical (unpaired) electrons. The maximum Gasteiger partial charge on any atom is 0.308 e. The van der Waals surface area contributed by atoms with E-state index in [1.807, 2.05) is 0 Å². The first kappa shape index (κ1) is 19.5. The van der Waals surface area contributed by atoms with E-state index in [0.29, 0.717) is 5.56 Å². The number of hydrogen-bond acceptors (Lipinski definition) is 3. The number of aliphatic carboxylic acids is 1. The maximum atomic E-state index is 14.0. The molecule has 146 valence electrons. The van der Waals surface area contributed by atoms with Crippen LogP contribution in [0, 0.1) is 17.7 Å². The quantitative estimate of drug-likeness (QED) is 0.802.